The quantitative estimate of drug-likeness (QED) is 0.669. The van der Waals surface area contributed by atoms with E-state index in [0.717, 1.165) is 43.2 Å². The number of methoxy groups -OCH3 is 1. The number of rotatable bonds is 9. The molecule has 1 unspecified atom stereocenters. The average molecular weight is 385 g/mol. The second kappa shape index (κ2) is 9.80. The van der Waals surface area contributed by atoms with Gasteiger partial charge in [-0.15, -0.1) is 0 Å². The van der Waals surface area contributed by atoms with Crippen LogP contribution in [0.2, 0.25) is 0 Å². The predicted octanol–water partition coefficient (Wildman–Crippen LogP) is 3.66. The van der Waals surface area contributed by atoms with E-state index in [1.54, 1.807) is 7.11 Å². The minimum absolute atomic E-state index is 0.148. The van der Waals surface area contributed by atoms with Gasteiger partial charge in [0.1, 0.15) is 5.75 Å². The Bertz CT molecular complexity index is 759. The fourth-order valence-electron chi connectivity index (χ4n) is 3.62. The lowest BCUT2D eigenvalue weighted by molar-refractivity contribution is 0.267. The predicted molar refractivity (Wildman–Crippen MR) is 113 cm³/mol. The molecule has 0 aliphatic carbocycles. The van der Waals surface area contributed by atoms with Crippen molar-refractivity contribution in [3.05, 3.63) is 53.1 Å². The molecule has 3 rings (SSSR count). The average Bonchev–Trinajstić information content (AvgIpc) is 2.71. The van der Waals surface area contributed by atoms with Crippen LogP contribution in [0.25, 0.3) is 0 Å². The van der Waals surface area contributed by atoms with Crippen molar-refractivity contribution >= 4 is 0 Å². The molecule has 0 fully saturated rings. The first-order valence-electron chi connectivity index (χ1n) is 10.1. The number of hydrogen-bond donors (Lipinski definition) is 1. The number of ether oxygens (including phenoxy) is 3. The zero-order valence-corrected chi connectivity index (χ0v) is 17.5. The van der Waals surface area contributed by atoms with Crippen LogP contribution < -0.4 is 19.5 Å². The molecule has 5 nitrogen and oxygen atoms in total. The number of hydrogen-bond acceptors (Lipinski definition) is 5. The highest BCUT2D eigenvalue weighted by Crippen LogP contribution is 2.38. The molecule has 2 aromatic carbocycles. The summed E-state index contributed by atoms with van der Waals surface area (Å²) >= 11 is 0. The zero-order valence-electron chi connectivity index (χ0n) is 17.5. The first-order chi connectivity index (χ1) is 13.6. The molecule has 0 aromatic heterocycles. The van der Waals surface area contributed by atoms with Crippen molar-refractivity contribution in [2.24, 2.45) is 0 Å². The Balaban J connectivity index is 1.83. The Labute approximate surface area is 168 Å². The van der Waals surface area contributed by atoms with Crippen molar-refractivity contribution in [2.45, 2.75) is 25.8 Å². The fourth-order valence-corrected chi connectivity index (χ4v) is 3.62. The number of benzene rings is 2. The Morgan fingerprint density at radius 2 is 1.86 bits per heavy atom. The summed E-state index contributed by atoms with van der Waals surface area (Å²) in [5.41, 5.74) is 3.81. The van der Waals surface area contributed by atoms with E-state index in [4.69, 9.17) is 14.2 Å². The fraction of sp³-hybridized carbons (Fsp3) is 0.478. The van der Waals surface area contributed by atoms with E-state index in [-0.39, 0.29) is 6.04 Å². The van der Waals surface area contributed by atoms with Crippen LogP contribution >= 0.6 is 0 Å². The Morgan fingerprint density at radius 3 is 2.54 bits per heavy atom. The third kappa shape index (κ3) is 4.97. The van der Waals surface area contributed by atoms with E-state index < -0.39 is 0 Å². The molecule has 0 saturated carbocycles. The molecule has 5 heteroatoms. The molecule has 1 atom stereocenters. The molecule has 1 heterocycles. The van der Waals surface area contributed by atoms with Gasteiger partial charge in [0.2, 0.25) is 0 Å². The highest BCUT2D eigenvalue weighted by Gasteiger charge is 2.24. The summed E-state index contributed by atoms with van der Waals surface area (Å²) in [6, 6.07) is 12.8. The van der Waals surface area contributed by atoms with Crippen LogP contribution in [0.15, 0.2) is 36.4 Å². The van der Waals surface area contributed by atoms with E-state index in [9.17, 15) is 0 Å². The number of nitrogens with one attached hydrogen (secondary N) is 1. The van der Waals surface area contributed by atoms with Crippen LogP contribution in [-0.4, -0.2) is 52.4 Å². The van der Waals surface area contributed by atoms with E-state index >= 15 is 0 Å². The van der Waals surface area contributed by atoms with Crippen LogP contribution in [0.4, 0.5) is 0 Å². The minimum atomic E-state index is 0.148. The van der Waals surface area contributed by atoms with Crippen molar-refractivity contribution in [2.75, 3.05) is 47.5 Å². The molecule has 0 saturated heterocycles. The normalized spacial score (nSPS) is 16.0. The largest absolute Gasteiger partial charge is 0.494 e. The molecular weight excluding hydrogens is 352 g/mol. The minimum Gasteiger partial charge on any atom is -0.494 e. The number of fused-ring (bicyclic) bond motifs is 1. The molecule has 152 valence electrons. The van der Waals surface area contributed by atoms with E-state index in [1.165, 1.54) is 16.7 Å². The van der Waals surface area contributed by atoms with Crippen molar-refractivity contribution < 1.29 is 14.2 Å². The van der Waals surface area contributed by atoms with E-state index in [2.05, 4.69) is 48.6 Å². The molecule has 1 N–H and O–H groups in total. The second-order valence-corrected chi connectivity index (χ2v) is 7.35. The van der Waals surface area contributed by atoms with Gasteiger partial charge in [0, 0.05) is 13.1 Å². The van der Waals surface area contributed by atoms with Crippen LogP contribution in [-0.2, 0) is 6.42 Å². The first kappa shape index (κ1) is 20.5. The Kier molecular flexibility index (Phi) is 7.18. The molecule has 0 spiro atoms. The van der Waals surface area contributed by atoms with Gasteiger partial charge < -0.3 is 24.4 Å². The number of nitrogens with zero attached hydrogens (tertiary/aromatic N) is 1. The summed E-state index contributed by atoms with van der Waals surface area (Å²) in [5, 5.41) is 3.65. The van der Waals surface area contributed by atoms with Gasteiger partial charge in [0.05, 0.1) is 26.4 Å². The van der Waals surface area contributed by atoms with Gasteiger partial charge in [-0.3, -0.25) is 0 Å². The molecule has 2 aromatic rings. The summed E-state index contributed by atoms with van der Waals surface area (Å²) in [4.78, 5) is 2.17. The van der Waals surface area contributed by atoms with Gasteiger partial charge in [0.25, 0.3) is 0 Å². The third-order valence-electron chi connectivity index (χ3n) is 5.01. The molecule has 28 heavy (non-hydrogen) atoms. The second-order valence-electron chi connectivity index (χ2n) is 7.35. The summed E-state index contributed by atoms with van der Waals surface area (Å²) in [7, 11) is 5.86. The highest BCUT2D eigenvalue weighted by molar-refractivity contribution is 5.52. The smallest absolute Gasteiger partial charge is 0.161 e. The first-order valence-corrected chi connectivity index (χ1v) is 10.1. The third-order valence-corrected chi connectivity index (χ3v) is 5.01. The van der Waals surface area contributed by atoms with Crippen molar-refractivity contribution in [1.82, 2.24) is 10.2 Å². The Hall–Kier alpha value is -2.24. The van der Waals surface area contributed by atoms with Crippen LogP contribution in [0.3, 0.4) is 0 Å². The highest BCUT2D eigenvalue weighted by atomic mass is 16.5. The zero-order chi connectivity index (χ0) is 19.9. The SMILES string of the molecule is CCOc1ccc(C2NCCc3cc(OC)c(OCCCN(C)C)cc32)cc1. The topological polar surface area (TPSA) is 43.0 Å². The van der Waals surface area contributed by atoms with Crippen molar-refractivity contribution in [3.63, 3.8) is 0 Å². The van der Waals surface area contributed by atoms with Gasteiger partial charge >= 0.3 is 0 Å². The van der Waals surface area contributed by atoms with Gasteiger partial charge in [-0.05, 0) is 74.8 Å². The summed E-state index contributed by atoms with van der Waals surface area (Å²) in [6.45, 7) is 5.30. The standard InChI is InChI=1S/C23H32N2O3/c1-5-27-19-9-7-17(8-10-19)23-20-16-22(28-14-6-13-25(2)3)21(26-4)15-18(20)11-12-24-23/h7-10,15-16,23-24H,5-6,11-14H2,1-4H3. The summed E-state index contributed by atoms with van der Waals surface area (Å²) in [6.07, 6.45) is 1.97. The van der Waals surface area contributed by atoms with Crippen molar-refractivity contribution in [1.29, 1.82) is 0 Å². The summed E-state index contributed by atoms with van der Waals surface area (Å²) in [5.74, 6) is 2.54. The molecular formula is C23H32N2O3. The van der Waals surface area contributed by atoms with Gasteiger partial charge in [0.15, 0.2) is 11.5 Å². The maximum atomic E-state index is 6.08. The molecule has 0 radical (unpaired) electrons. The summed E-state index contributed by atoms with van der Waals surface area (Å²) < 4.78 is 17.3. The van der Waals surface area contributed by atoms with Crippen LogP contribution in [0.1, 0.15) is 36.1 Å². The van der Waals surface area contributed by atoms with Crippen LogP contribution in [0, 0.1) is 0 Å². The van der Waals surface area contributed by atoms with Crippen molar-refractivity contribution in [3.8, 4) is 17.2 Å². The maximum absolute atomic E-state index is 6.08. The lowest BCUT2D eigenvalue weighted by Crippen LogP contribution is -2.30. The molecule has 1 aliphatic rings. The molecule has 0 amide bonds. The Morgan fingerprint density at radius 1 is 1.07 bits per heavy atom. The van der Waals surface area contributed by atoms with E-state index in [1.807, 2.05) is 19.1 Å². The van der Waals surface area contributed by atoms with Gasteiger partial charge in [-0.25, -0.2) is 0 Å². The lowest BCUT2D eigenvalue weighted by Gasteiger charge is -2.29. The molecule has 1 aliphatic heterocycles. The lowest BCUT2D eigenvalue weighted by atomic mass is 9.89. The van der Waals surface area contributed by atoms with E-state index in [0.29, 0.717) is 13.2 Å². The van der Waals surface area contributed by atoms with Gasteiger partial charge in [-0.1, -0.05) is 12.1 Å². The monoisotopic (exact) mass is 384 g/mol. The van der Waals surface area contributed by atoms with Gasteiger partial charge in [-0.2, -0.15) is 0 Å². The molecule has 0 bridgehead atoms. The maximum Gasteiger partial charge on any atom is 0.161 e. The van der Waals surface area contributed by atoms with Crippen LogP contribution in [0.5, 0.6) is 17.2 Å².